The summed E-state index contributed by atoms with van der Waals surface area (Å²) < 4.78 is 20.7. The zero-order chi connectivity index (χ0) is 20.9. The summed E-state index contributed by atoms with van der Waals surface area (Å²) in [6, 6.07) is 5.20. The van der Waals surface area contributed by atoms with Crippen LogP contribution in [0.1, 0.15) is 51.0 Å². The molecule has 3 heterocycles. The quantitative estimate of drug-likeness (QED) is 0.806. The topological polar surface area (TPSA) is 53.9 Å². The summed E-state index contributed by atoms with van der Waals surface area (Å²) in [7, 11) is 1.87. The molecule has 2 saturated heterocycles. The Morgan fingerprint density at radius 2 is 2.13 bits per heavy atom. The minimum atomic E-state index is -0.422. The highest BCUT2D eigenvalue weighted by Gasteiger charge is 2.51. The Balaban J connectivity index is 1.30. The van der Waals surface area contributed by atoms with E-state index in [-0.39, 0.29) is 29.9 Å². The zero-order valence-electron chi connectivity index (χ0n) is 17.7. The second-order valence-corrected chi connectivity index (χ2v) is 9.41. The first kappa shape index (κ1) is 19.7. The first-order valence-electron chi connectivity index (χ1n) is 11.2. The van der Waals surface area contributed by atoms with E-state index in [4.69, 9.17) is 4.74 Å². The number of nitrogens with zero attached hydrogens (tertiary/aromatic N) is 2. The number of halogens is 1. The molecule has 160 valence electrons. The van der Waals surface area contributed by atoms with Crippen LogP contribution in [0.5, 0.6) is 5.75 Å². The van der Waals surface area contributed by atoms with Gasteiger partial charge in [-0.2, -0.15) is 0 Å². The van der Waals surface area contributed by atoms with Crippen LogP contribution in [0.3, 0.4) is 0 Å². The van der Waals surface area contributed by atoms with E-state index in [0.29, 0.717) is 17.9 Å². The van der Waals surface area contributed by atoms with Gasteiger partial charge >= 0.3 is 0 Å². The lowest BCUT2D eigenvalue weighted by Gasteiger charge is -2.28. The van der Waals surface area contributed by atoms with Crippen LogP contribution >= 0.6 is 0 Å². The summed E-state index contributed by atoms with van der Waals surface area (Å²) in [5.41, 5.74) is 1.11. The molecule has 30 heavy (non-hydrogen) atoms. The monoisotopic (exact) mass is 411 g/mol. The molecule has 2 unspecified atom stereocenters. The third-order valence-corrected chi connectivity index (χ3v) is 7.31. The average Bonchev–Trinajstić information content (AvgIpc) is 3.47. The molecule has 1 aromatic carbocycles. The molecular weight excluding hydrogens is 381 g/mol. The van der Waals surface area contributed by atoms with E-state index in [0.717, 1.165) is 37.1 Å². The minimum absolute atomic E-state index is 0.0115. The molecular formula is C24H30FN3O2. The smallest absolute Gasteiger partial charge is 0.242 e. The second kappa shape index (κ2) is 7.49. The number of nitrogens with one attached hydrogen (secondary N) is 1. The first-order chi connectivity index (χ1) is 14.4. The maximum absolute atomic E-state index is 14.7. The highest BCUT2D eigenvalue weighted by Crippen LogP contribution is 2.38. The number of likely N-dealkylation sites (tertiary alicyclic amines) is 1. The lowest BCUT2D eigenvalue weighted by molar-refractivity contribution is -0.131. The summed E-state index contributed by atoms with van der Waals surface area (Å²) >= 11 is 0. The molecule has 3 aliphatic heterocycles. The fourth-order valence-corrected chi connectivity index (χ4v) is 5.22. The first-order valence-corrected chi connectivity index (χ1v) is 11.2. The minimum Gasteiger partial charge on any atom is -0.490 e. The normalized spacial score (nSPS) is 32.0. The number of allylic oxidation sites excluding steroid dienone is 1. The Morgan fingerprint density at radius 3 is 2.87 bits per heavy atom. The van der Waals surface area contributed by atoms with Crippen LogP contribution in [0, 0.1) is 11.7 Å². The lowest BCUT2D eigenvalue weighted by atomic mass is 9.91. The Hall–Kier alpha value is -2.21. The van der Waals surface area contributed by atoms with Crippen LogP contribution in [0.2, 0.25) is 0 Å². The molecule has 5 rings (SSSR count). The SMILES string of the molecule is CC(Oc1ccc(F)c(C2=CC=NC([C@H]3CC[C@@]4(CCN(C)C4=O)N3)C2)c1)C1CC1. The van der Waals surface area contributed by atoms with Gasteiger partial charge in [-0.1, -0.05) is 0 Å². The van der Waals surface area contributed by atoms with Crippen molar-refractivity contribution in [1.29, 1.82) is 0 Å². The summed E-state index contributed by atoms with van der Waals surface area (Å²) in [6.45, 7) is 2.89. The predicted molar refractivity (Wildman–Crippen MR) is 115 cm³/mol. The van der Waals surface area contributed by atoms with E-state index in [2.05, 4.69) is 17.2 Å². The number of likely N-dealkylation sites (N-methyl/N-ethyl adjacent to an activating group) is 1. The Bertz CT molecular complexity index is 910. The average molecular weight is 412 g/mol. The van der Waals surface area contributed by atoms with Gasteiger partial charge in [0, 0.05) is 31.4 Å². The van der Waals surface area contributed by atoms with Crippen LogP contribution in [0.15, 0.2) is 29.3 Å². The molecule has 6 heteroatoms. The van der Waals surface area contributed by atoms with Gasteiger partial charge < -0.3 is 9.64 Å². The Labute approximate surface area is 177 Å². The van der Waals surface area contributed by atoms with Crippen molar-refractivity contribution in [3.8, 4) is 5.75 Å². The van der Waals surface area contributed by atoms with Gasteiger partial charge in [-0.25, -0.2) is 4.39 Å². The van der Waals surface area contributed by atoms with Crippen LogP contribution in [0.25, 0.3) is 5.57 Å². The molecule has 0 bridgehead atoms. The molecule has 4 aliphatic rings. The standard InChI is InChI=1S/C24H30FN3O2/c1-15(16-3-4-16)30-18-5-6-20(25)19(14-18)17-8-11-26-22(13-17)21-7-9-24(27-21)10-12-28(2)23(24)29/h5-6,8,11,14-16,21-22,27H,3-4,7,9-10,12-13H2,1-2H3/t15?,21-,22?,24+/m1/s1. The molecule has 1 saturated carbocycles. The van der Waals surface area contributed by atoms with Gasteiger partial charge in [0.05, 0.1) is 12.1 Å². The number of aliphatic imine (C=N–C) groups is 1. The molecule has 1 amide bonds. The molecule has 1 aromatic rings. The molecule has 1 aliphatic carbocycles. The molecule has 1 N–H and O–H groups in total. The molecule has 5 nitrogen and oxygen atoms in total. The van der Waals surface area contributed by atoms with E-state index in [1.54, 1.807) is 12.3 Å². The molecule has 4 atom stereocenters. The fraction of sp³-hybridized carbons (Fsp3) is 0.583. The maximum Gasteiger partial charge on any atom is 0.242 e. The fourth-order valence-electron chi connectivity index (χ4n) is 5.22. The van der Waals surface area contributed by atoms with Gasteiger partial charge in [0.1, 0.15) is 17.1 Å². The zero-order valence-corrected chi connectivity index (χ0v) is 17.7. The number of hydrogen-bond acceptors (Lipinski definition) is 4. The predicted octanol–water partition coefficient (Wildman–Crippen LogP) is 3.58. The van der Waals surface area contributed by atoms with Gasteiger partial charge in [0.2, 0.25) is 5.91 Å². The Morgan fingerprint density at radius 1 is 1.30 bits per heavy atom. The van der Waals surface area contributed by atoms with E-state index in [9.17, 15) is 9.18 Å². The number of hydrogen-bond donors (Lipinski definition) is 1. The van der Waals surface area contributed by atoms with Gasteiger partial charge in [0.25, 0.3) is 0 Å². The largest absolute Gasteiger partial charge is 0.490 e. The third-order valence-electron chi connectivity index (χ3n) is 7.31. The molecule has 3 fully saturated rings. The van der Waals surface area contributed by atoms with Crippen LogP contribution in [-0.4, -0.2) is 54.3 Å². The van der Waals surface area contributed by atoms with Gasteiger partial charge in [-0.05, 0) is 81.2 Å². The number of dihydropyridines is 1. The number of amides is 1. The van der Waals surface area contributed by atoms with E-state index < -0.39 is 5.54 Å². The summed E-state index contributed by atoms with van der Waals surface area (Å²) in [6.07, 6.45) is 9.57. The van der Waals surface area contributed by atoms with Crippen molar-refractivity contribution >= 4 is 17.7 Å². The lowest BCUT2D eigenvalue weighted by Crippen LogP contribution is -2.51. The second-order valence-electron chi connectivity index (χ2n) is 9.41. The molecule has 0 radical (unpaired) electrons. The van der Waals surface area contributed by atoms with Gasteiger partial charge in [-0.15, -0.1) is 0 Å². The van der Waals surface area contributed by atoms with Crippen LogP contribution in [0.4, 0.5) is 4.39 Å². The van der Waals surface area contributed by atoms with Crippen molar-refractivity contribution in [1.82, 2.24) is 10.2 Å². The van der Waals surface area contributed by atoms with Crippen molar-refractivity contribution in [3.63, 3.8) is 0 Å². The van der Waals surface area contributed by atoms with Crippen LogP contribution < -0.4 is 10.1 Å². The maximum atomic E-state index is 14.7. The number of carbonyl (C=O) groups excluding carboxylic acids is 1. The summed E-state index contributed by atoms with van der Waals surface area (Å²) in [5.74, 6) is 1.32. The summed E-state index contributed by atoms with van der Waals surface area (Å²) in [5, 5.41) is 3.61. The van der Waals surface area contributed by atoms with E-state index in [1.165, 1.54) is 18.9 Å². The van der Waals surface area contributed by atoms with Crippen molar-refractivity contribution in [2.24, 2.45) is 10.9 Å². The van der Waals surface area contributed by atoms with E-state index in [1.807, 2.05) is 24.1 Å². The number of carbonyl (C=O) groups is 1. The Kier molecular flexibility index (Phi) is 4.92. The van der Waals surface area contributed by atoms with Crippen molar-refractivity contribution < 1.29 is 13.9 Å². The van der Waals surface area contributed by atoms with Crippen LogP contribution in [-0.2, 0) is 4.79 Å². The van der Waals surface area contributed by atoms with Gasteiger partial charge in [0.15, 0.2) is 0 Å². The number of rotatable bonds is 5. The highest BCUT2D eigenvalue weighted by molar-refractivity contribution is 5.89. The van der Waals surface area contributed by atoms with E-state index >= 15 is 0 Å². The summed E-state index contributed by atoms with van der Waals surface area (Å²) in [4.78, 5) is 19.1. The third kappa shape index (κ3) is 3.55. The van der Waals surface area contributed by atoms with Crippen molar-refractivity contribution in [3.05, 3.63) is 35.7 Å². The number of ether oxygens (including phenoxy) is 1. The van der Waals surface area contributed by atoms with Crippen molar-refractivity contribution in [2.75, 3.05) is 13.6 Å². The molecule has 1 spiro atoms. The van der Waals surface area contributed by atoms with Crippen molar-refractivity contribution in [2.45, 2.75) is 69.2 Å². The highest BCUT2D eigenvalue weighted by atomic mass is 19.1. The van der Waals surface area contributed by atoms with Gasteiger partial charge in [-0.3, -0.25) is 15.1 Å². The molecule has 0 aromatic heterocycles. The number of benzene rings is 1.